The minimum Gasteiger partial charge on any atom is -0.398 e. The molecule has 106 valence electrons. The maximum atomic E-state index is 5.93. The average molecular weight is 338 g/mol. The summed E-state index contributed by atoms with van der Waals surface area (Å²) in [6, 6.07) is 5.89. The van der Waals surface area contributed by atoms with Crippen LogP contribution in [0.4, 0.5) is 5.69 Å². The Bertz CT molecular complexity index is 609. The van der Waals surface area contributed by atoms with Crippen molar-refractivity contribution < 1.29 is 4.74 Å². The Balaban J connectivity index is 1.99. The van der Waals surface area contributed by atoms with E-state index in [0.717, 1.165) is 35.5 Å². The SMILES string of the molecule is CC(C1CCOC1)n1nnnc1-c1cccc(N)c1Br. The van der Waals surface area contributed by atoms with Crippen molar-refractivity contribution in [1.29, 1.82) is 0 Å². The molecule has 2 atom stereocenters. The Morgan fingerprint density at radius 3 is 3.10 bits per heavy atom. The van der Waals surface area contributed by atoms with Crippen LogP contribution in [0.2, 0.25) is 0 Å². The standard InChI is InChI=1S/C13H16BrN5O/c1-8(9-5-6-20-7-9)19-13(16-17-18-19)10-3-2-4-11(15)12(10)14/h2-4,8-9H,5-7,15H2,1H3. The van der Waals surface area contributed by atoms with Crippen LogP contribution in [-0.2, 0) is 4.74 Å². The Labute approximate surface area is 125 Å². The quantitative estimate of drug-likeness (QED) is 0.869. The molecular formula is C13H16BrN5O. The van der Waals surface area contributed by atoms with Crippen LogP contribution in [0.25, 0.3) is 11.4 Å². The highest BCUT2D eigenvalue weighted by molar-refractivity contribution is 9.10. The molecular weight excluding hydrogens is 322 g/mol. The lowest BCUT2D eigenvalue weighted by Crippen LogP contribution is -2.19. The summed E-state index contributed by atoms with van der Waals surface area (Å²) in [5.41, 5.74) is 7.51. The van der Waals surface area contributed by atoms with Crippen molar-refractivity contribution in [2.45, 2.75) is 19.4 Å². The first kappa shape index (κ1) is 13.5. The number of hydrogen-bond donors (Lipinski definition) is 1. The average Bonchev–Trinajstić information content (AvgIpc) is 3.11. The van der Waals surface area contributed by atoms with E-state index in [1.54, 1.807) is 0 Å². The molecule has 2 unspecified atom stereocenters. The largest absolute Gasteiger partial charge is 0.398 e. The van der Waals surface area contributed by atoms with Gasteiger partial charge in [0.1, 0.15) is 0 Å². The van der Waals surface area contributed by atoms with Crippen LogP contribution in [0.3, 0.4) is 0 Å². The van der Waals surface area contributed by atoms with E-state index in [9.17, 15) is 0 Å². The molecule has 0 amide bonds. The maximum Gasteiger partial charge on any atom is 0.183 e. The topological polar surface area (TPSA) is 78.8 Å². The fraction of sp³-hybridized carbons (Fsp3) is 0.462. The van der Waals surface area contributed by atoms with Gasteiger partial charge in [-0.2, -0.15) is 0 Å². The molecule has 2 heterocycles. The Morgan fingerprint density at radius 2 is 2.35 bits per heavy atom. The van der Waals surface area contributed by atoms with E-state index in [1.807, 2.05) is 22.9 Å². The highest BCUT2D eigenvalue weighted by atomic mass is 79.9. The fourth-order valence-corrected chi connectivity index (χ4v) is 2.94. The first-order chi connectivity index (χ1) is 9.68. The molecule has 1 aliphatic rings. The van der Waals surface area contributed by atoms with Crippen molar-refractivity contribution in [1.82, 2.24) is 20.2 Å². The molecule has 3 rings (SSSR count). The smallest absolute Gasteiger partial charge is 0.183 e. The summed E-state index contributed by atoms with van der Waals surface area (Å²) in [5, 5.41) is 12.1. The molecule has 1 saturated heterocycles. The molecule has 1 aliphatic heterocycles. The van der Waals surface area contributed by atoms with Crippen LogP contribution in [0.5, 0.6) is 0 Å². The molecule has 2 aromatic rings. The van der Waals surface area contributed by atoms with Crippen molar-refractivity contribution in [3.05, 3.63) is 22.7 Å². The lowest BCUT2D eigenvalue weighted by atomic mass is 10.0. The predicted octanol–water partition coefficient (Wildman–Crippen LogP) is 2.28. The van der Waals surface area contributed by atoms with E-state index in [0.29, 0.717) is 11.6 Å². The zero-order chi connectivity index (χ0) is 14.1. The number of anilines is 1. The van der Waals surface area contributed by atoms with E-state index >= 15 is 0 Å². The molecule has 7 heteroatoms. The summed E-state index contributed by atoms with van der Waals surface area (Å²) in [6.07, 6.45) is 1.04. The molecule has 0 spiro atoms. The van der Waals surface area contributed by atoms with E-state index in [4.69, 9.17) is 10.5 Å². The molecule has 2 N–H and O–H groups in total. The van der Waals surface area contributed by atoms with Gasteiger partial charge in [0, 0.05) is 23.8 Å². The normalized spacial score (nSPS) is 20.2. The second kappa shape index (κ2) is 5.49. The third-order valence-corrected chi connectivity index (χ3v) is 4.68. The minimum absolute atomic E-state index is 0.191. The Hall–Kier alpha value is -1.47. The number of rotatable bonds is 3. The maximum absolute atomic E-state index is 5.93. The number of nitrogens with zero attached hydrogens (tertiary/aromatic N) is 4. The van der Waals surface area contributed by atoms with Crippen LogP contribution in [0.1, 0.15) is 19.4 Å². The molecule has 0 radical (unpaired) electrons. The van der Waals surface area contributed by atoms with Crippen molar-refractivity contribution in [2.75, 3.05) is 18.9 Å². The zero-order valence-electron chi connectivity index (χ0n) is 11.2. The lowest BCUT2D eigenvalue weighted by Gasteiger charge is -2.19. The molecule has 1 fully saturated rings. The lowest BCUT2D eigenvalue weighted by molar-refractivity contribution is 0.173. The third-order valence-electron chi connectivity index (χ3n) is 3.80. The number of ether oxygens (including phenoxy) is 1. The van der Waals surface area contributed by atoms with Gasteiger partial charge in [0.15, 0.2) is 5.82 Å². The molecule has 20 heavy (non-hydrogen) atoms. The van der Waals surface area contributed by atoms with Crippen LogP contribution < -0.4 is 5.73 Å². The molecule has 0 saturated carbocycles. The second-order valence-corrected chi connectivity index (χ2v) is 5.81. The van der Waals surface area contributed by atoms with Crippen molar-refractivity contribution in [2.24, 2.45) is 5.92 Å². The van der Waals surface area contributed by atoms with Crippen LogP contribution in [0, 0.1) is 5.92 Å². The number of nitrogens with two attached hydrogens (primary N) is 1. The van der Waals surface area contributed by atoms with Crippen molar-refractivity contribution in [3.63, 3.8) is 0 Å². The zero-order valence-corrected chi connectivity index (χ0v) is 12.7. The number of nitrogen functional groups attached to an aromatic ring is 1. The number of aromatic nitrogens is 4. The number of halogens is 1. The van der Waals surface area contributed by atoms with Crippen LogP contribution >= 0.6 is 15.9 Å². The van der Waals surface area contributed by atoms with Crippen molar-refractivity contribution >= 4 is 21.6 Å². The highest BCUT2D eigenvalue weighted by Gasteiger charge is 2.27. The summed E-state index contributed by atoms with van der Waals surface area (Å²) in [4.78, 5) is 0. The van der Waals surface area contributed by atoms with Gasteiger partial charge in [-0.1, -0.05) is 6.07 Å². The molecule has 6 nitrogen and oxygen atoms in total. The Kier molecular flexibility index (Phi) is 3.71. The van der Waals surface area contributed by atoms with Gasteiger partial charge in [0.05, 0.1) is 17.1 Å². The van der Waals surface area contributed by atoms with Crippen LogP contribution in [0.15, 0.2) is 22.7 Å². The van der Waals surface area contributed by atoms with E-state index in [2.05, 4.69) is 38.4 Å². The first-order valence-electron chi connectivity index (χ1n) is 6.58. The predicted molar refractivity (Wildman–Crippen MR) is 79.0 cm³/mol. The number of benzene rings is 1. The van der Waals surface area contributed by atoms with Crippen molar-refractivity contribution in [3.8, 4) is 11.4 Å². The van der Waals surface area contributed by atoms with E-state index in [-0.39, 0.29) is 6.04 Å². The summed E-state index contributed by atoms with van der Waals surface area (Å²) in [6.45, 7) is 3.70. The van der Waals surface area contributed by atoms with Gasteiger partial charge in [-0.3, -0.25) is 0 Å². The van der Waals surface area contributed by atoms with E-state index < -0.39 is 0 Å². The van der Waals surface area contributed by atoms with Gasteiger partial charge >= 0.3 is 0 Å². The molecule has 1 aromatic heterocycles. The first-order valence-corrected chi connectivity index (χ1v) is 7.37. The van der Waals surface area contributed by atoms with Gasteiger partial charge in [-0.05, 0) is 51.8 Å². The summed E-state index contributed by atoms with van der Waals surface area (Å²) >= 11 is 3.51. The third kappa shape index (κ3) is 2.31. The minimum atomic E-state index is 0.191. The van der Waals surface area contributed by atoms with Gasteiger partial charge in [-0.25, -0.2) is 4.68 Å². The number of tetrazole rings is 1. The van der Waals surface area contributed by atoms with Gasteiger partial charge in [-0.15, -0.1) is 5.10 Å². The summed E-state index contributed by atoms with van der Waals surface area (Å²) < 4.78 is 8.14. The van der Waals surface area contributed by atoms with Gasteiger partial charge in [0.25, 0.3) is 0 Å². The molecule has 0 bridgehead atoms. The summed E-state index contributed by atoms with van der Waals surface area (Å²) in [7, 11) is 0. The van der Waals surface area contributed by atoms with E-state index in [1.165, 1.54) is 0 Å². The molecule has 0 aliphatic carbocycles. The number of hydrogen-bond acceptors (Lipinski definition) is 5. The highest BCUT2D eigenvalue weighted by Crippen LogP contribution is 2.34. The Morgan fingerprint density at radius 1 is 1.50 bits per heavy atom. The second-order valence-electron chi connectivity index (χ2n) is 5.02. The van der Waals surface area contributed by atoms with Gasteiger partial charge in [0.2, 0.25) is 0 Å². The monoisotopic (exact) mass is 337 g/mol. The fourth-order valence-electron chi connectivity index (χ4n) is 2.50. The molecule has 1 aromatic carbocycles. The van der Waals surface area contributed by atoms with Crippen LogP contribution in [-0.4, -0.2) is 33.4 Å². The van der Waals surface area contributed by atoms with Gasteiger partial charge < -0.3 is 10.5 Å². The summed E-state index contributed by atoms with van der Waals surface area (Å²) in [5.74, 6) is 1.17.